The van der Waals surface area contributed by atoms with Crippen LogP contribution in [0.1, 0.15) is 33.6 Å². The van der Waals surface area contributed by atoms with E-state index in [2.05, 4.69) is 10.0 Å². The molecule has 102 valence electrons. The molecule has 0 saturated heterocycles. The molecule has 0 aromatic rings. The van der Waals surface area contributed by atoms with Gasteiger partial charge >= 0.3 is 0 Å². The van der Waals surface area contributed by atoms with Crippen molar-refractivity contribution < 1.29 is 18.3 Å². The molecule has 17 heavy (non-hydrogen) atoms. The summed E-state index contributed by atoms with van der Waals surface area (Å²) in [6.45, 7) is 5.15. The smallest absolute Gasteiger partial charge is 0.237 e. The Morgan fingerprint density at radius 3 is 2.41 bits per heavy atom. The van der Waals surface area contributed by atoms with Gasteiger partial charge in [-0.3, -0.25) is 4.79 Å². The second-order valence-electron chi connectivity index (χ2n) is 3.97. The highest BCUT2D eigenvalue weighted by molar-refractivity contribution is 7.89. The third kappa shape index (κ3) is 7.30. The van der Waals surface area contributed by atoms with Gasteiger partial charge in [0.2, 0.25) is 15.9 Å². The van der Waals surface area contributed by atoms with Crippen LogP contribution >= 0.6 is 0 Å². The number of carbonyl (C=O) groups excluding carboxylic acids is 1. The number of carbonyl (C=O) groups is 1. The van der Waals surface area contributed by atoms with Crippen molar-refractivity contribution in [3.05, 3.63) is 0 Å². The maximum Gasteiger partial charge on any atom is 0.237 e. The van der Waals surface area contributed by atoms with Gasteiger partial charge in [0.05, 0.1) is 17.9 Å². The summed E-state index contributed by atoms with van der Waals surface area (Å²) in [7, 11) is -3.39. The van der Waals surface area contributed by atoms with Crippen molar-refractivity contribution in [2.45, 2.75) is 45.8 Å². The van der Waals surface area contributed by atoms with Crippen LogP contribution in [-0.4, -0.2) is 43.9 Å². The molecule has 0 radical (unpaired) electrons. The third-order valence-electron chi connectivity index (χ3n) is 2.21. The molecule has 3 N–H and O–H groups in total. The van der Waals surface area contributed by atoms with Gasteiger partial charge in [-0.2, -0.15) is 0 Å². The summed E-state index contributed by atoms with van der Waals surface area (Å²) in [5, 5.41) is 11.7. The van der Waals surface area contributed by atoms with Crippen LogP contribution in [0.5, 0.6) is 0 Å². The van der Waals surface area contributed by atoms with Gasteiger partial charge in [0.25, 0.3) is 0 Å². The van der Waals surface area contributed by atoms with Crippen LogP contribution in [0.25, 0.3) is 0 Å². The zero-order valence-electron chi connectivity index (χ0n) is 10.6. The maximum atomic E-state index is 11.5. The van der Waals surface area contributed by atoms with Crippen LogP contribution in [0.4, 0.5) is 0 Å². The Balaban J connectivity index is 4.14. The molecule has 0 saturated carbocycles. The summed E-state index contributed by atoms with van der Waals surface area (Å²) in [6.07, 6.45) is 0.437. The molecule has 0 aromatic heterocycles. The highest BCUT2D eigenvalue weighted by atomic mass is 32.2. The molecule has 6 nitrogen and oxygen atoms in total. The molecule has 2 atom stereocenters. The second kappa shape index (κ2) is 7.62. The minimum Gasteiger partial charge on any atom is -0.391 e. The fraction of sp³-hybridized carbons (Fsp3) is 0.900. The fourth-order valence-corrected chi connectivity index (χ4v) is 2.47. The molecule has 0 aliphatic rings. The molecule has 2 unspecified atom stereocenters. The van der Waals surface area contributed by atoms with Crippen LogP contribution in [0.3, 0.4) is 0 Å². The lowest BCUT2D eigenvalue weighted by molar-refractivity contribution is -0.122. The molecule has 0 fully saturated rings. The Hall–Kier alpha value is -0.660. The minimum absolute atomic E-state index is 0.00219. The van der Waals surface area contributed by atoms with Gasteiger partial charge in [-0.05, 0) is 19.8 Å². The number of nitrogens with one attached hydrogen (secondary N) is 2. The van der Waals surface area contributed by atoms with E-state index in [0.717, 1.165) is 0 Å². The van der Waals surface area contributed by atoms with E-state index in [1.165, 1.54) is 6.92 Å². The molecule has 1 amide bonds. The fourth-order valence-electron chi connectivity index (χ4n) is 1.17. The standard InChI is InChI=1S/C10H22N2O4S/c1-4-6-17(15,16)12-8(3)10(14)11-7-9(13)5-2/h8-9,12-13H,4-7H2,1-3H3,(H,11,14). The first-order valence-corrected chi connectivity index (χ1v) is 7.43. The van der Waals surface area contributed by atoms with Gasteiger partial charge in [-0.15, -0.1) is 0 Å². The summed E-state index contributed by atoms with van der Waals surface area (Å²) in [5.74, 6) is -0.431. The average Bonchev–Trinajstić information content (AvgIpc) is 2.24. The van der Waals surface area contributed by atoms with Crippen molar-refractivity contribution in [2.24, 2.45) is 0 Å². The number of sulfonamides is 1. The average molecular weight is 266 g/mol. The predicted molar refractivity (Wildman–Crippen MR) is 66.0 cm³/mol. The summed E-state index contributed by atoms with van der Waals surface area (Å²) < 4.78 is 25.1. The van der Waals surface area contributed by atoms with E-state index in [9.17, 15) is 18.3 Å². The van der Waals surface area contributed by atoms with Crippen molar-refractivity contribution in [1.29, 1.82) is 0 Å². The summed E-state index contributed by atoms with van der Waals surface area (Å²) >= 11 is 0. The lowest BCUT2D eigenvalue weighted by Gasteiger charge is -2.15. The first-order chi connectivity index (χ1) is 7.82. The van der Waals surface area contributed by atoms with Crippen molar-refractivity contribution in [2.75, 3.05) is 12.3 Å². The molecule has 0 aliphatic heterocycles. The molecule has 7 heteroatoms. The number of aliphatic hydroxyl groups is 1. The minimum atomic E-state index is -3.39. The van der Waals surface area contributed by atoms with Gasteiger partial charge in [0.15, 0.2) is 0 Å². The second-order valence-corrected chi connectivity index (χ2v) is 5.84. The Morgan fingerprint density at radius 2 is 1.94 bits per heavy atom. The Bertz CT molecular complexity index is 329. The summed E-state index contributed by atoms with van der Waals surface area (Å²) in [4.78, 5) is 11.5. The lowest BCUT2D eigenvalue weighted by Crippen LogP contribution is -2.47. The van der Waals surface area contributed by atoms with Crippen LogP contribution in [0, 0.1) is 0 Å². The van der Waals surface area contributed by atoms with E-state index in [1.807, 2.05) is 0 Å². The maximum absolute atomic E-state index is 11.5. The van der Waals surface area contributed by atoms with Gasteiger partial charge < -0.3 is 10.4 Å². The molecule has 0 aliphatic carbocycles. The van der Waals surface area contributed by atoms with Crippen LogP contribution in [0.2, 0.25) is 0 Å². The number of amides is 1. The van der Waals surface area contributed by atoms with E-state index in [4.69, 9.17) is 0 Å². The first kappa shape index (κ1) is 16.3. The van der Waals surface area contributed by atoms with Crippen LogP contribution in [0.15, 0.2) is 0 Å². The van der Waals surface area contributed by atoms with Crippen molar-refractivity contribution in [3.63, 3.8) is 0 Å². The summed E-state index contributed by atoms with van der Waals surface area (Å²) in [6, 6.07) is -0.824. The SMILES string of the molecule is CCCS(=O)(=O)NC(C)C(=O)NCC(O)CC. The van der Waals surface area contributed by atoms with Gasteiger partial charge in [-0.1, -0.05) is 13.8 Å². The van der Waals surface area contributed by atoms with Gasteiger partial charge in [0, 0.05) is 6.54 Å². The van der Waals surface area contributed by atoms with E-state index in [-0.39, 0.29) is 12.3 Å². The first-order valence-electron chi connectivity index (χ1n) is 5.78. The van der Waals surface area contributed by atoms with Crippen molar-refractivity contribution >= 4 is 15.9 Å². The Kier molecular flexibility index (Phi) is 7.33. The van der Waals surface area contributed by atoms with Crippen molar-refractivity contribution in [3.8, 4) is 0 Å². The largest absolute Gasteiger partial charge is 0.391 e. The normalized spacial score (nSPS) is 15.3. The molecule has 0 heterocycles. The summed E-state index contributed by atoms with van der Waals surface area (Å²) in [5.41, 5.74) is 0. The quantitative estimate of drug-likeness (QED) is 0.556. The van der Waals surface area contributed by atoms with E-state index >= 15 is 0 Å². The molecular formula is C10H22N2O4S. The zero-order chi connectivity index (χ0) is 13.5. The van der Waals surface area contributed by atoms with Crippen LogP contribution < -0.4 is 10.0 Å². The molecule has 0 rings (SSSR count). The predicted octanol–water partition coefficient (Wildman–Crippen LogP) is -0.409. The number of rotatable bonds is 8. The number of hydrogen-bond acceptors (Lipinski definition) is 4. The lowest BCUT2D eigenvalue weighted by atomic mass is 10.2. The van der Waals surface area contributed by atoms with E-state index < -0.39 is 28.1 Å². The third-order valence-corrected chi connectivity index (χ3v) is 3.86. The van der Waals surface area contributed by atoms with Gasteiger partial charge in [0.1, 0.15) is 0 Å². The number of hydrogen-bond donors (Lipinski definition) is 3. The number of aliphatic hydroxyl groups excluding tert-OH is 1. The monoisotopic (exact) mass is 266 g/mol. The van der Waals surface area contributed by atoms with Crippen molar-refractivity contribution in [1.82, 2.24) is 10.0 Å². The van der Waals surface area contributed by atoms with E-state index in [1.54, 1.807) is 13.8 Å². The molecule has 0 aromatic carbocycles. The zero-order valence-corrected chi connectivity index (χ0v) is 11.4. The highest BCUT2D eigenvalue weighted by Gasteiger charge is 2.19. The molecule has 0 spiro atoms. The molecular weight excluding hydrogens is 244 g/mol. The van der Waals surface area contributed by atoms with Crippen LogP contribution in [-0.2, 0) is 14.8 Å². The van der Waals surface area contributed by atoms with Gasteiger partial charge in [-0.25, -0.2) is 13.1 Å². The topological polar surface area (TPSA) is 95.5 Å². The Morgan fingerprint density at radius 1 is 1.35 bits per heavy atom. The Labute approximate surface area is 103 Å². The molecule has 0 bridgehead atoms. The van der Waals surface area contributed by atoms with E-state index in [0.29, 0.717) is 12.8 Å². The highest BCUT2D eigenvalue weighted by Crippen LogP contribution is 1.93.